The summed E-state index contributed by atoms with van der Waals surface area (Å²) in [6.45, 7) is 0.184. The number of guanidine groups is 1. The summed E-state index contributed by atoms with van der Waals surface area (Å²) in [4.78, 5) is 15.6. The van der Waals surface area contributed by atoms with Gasteiger partial charge in [-0.15, -0.1) is 13.2 Å². The second-order valence-electron chi connectivity index (χ2n) is 5.46. The second-order valence-corrected chi connectivity index (χ2v) is 5.46. The highest BCUT2D eigenvalue weighted by atomic mass is 19.4. The smallest absolute Gasteiger partial charge is 0.404 e. The molecule has 2 rings (SSSR count). The third-order valence-electron chi connectivity index (χ3n) is 3.35. The van der Waals surface area contributed by atoms with Crippen LogP contribution in [0.3, 0.4) is 0 Å². The van der Waals surface area contributed by atoms with Crippen LogP contribution in [0.1, 0.15) is 5.56 Å². The summed E-state index contributed by atoms with van der Waals surface area (Å²) in [6, 6.07) is 15.0. The monoisotopic (exact) mass is 380 g/mol. The van der Waals surface area contributed by atoms with E-state index >= 15 is 0 Å². The van der Waals surface area contributed by atoms with Gasteiger partial charge in [-0.1, -0.05) is 42.5 Å². The average Bonchev–Trinajstić information content (AvgIpc) is 2.61. The van der Waals surface area contributed by atoms with Gasteiger partial charge in [0.2, 0.25) is 5.91 Å². The first-order valence-electron chi connectivity index (χ1n) is 8.06. The largest absolute Gasteiger partial charge is 0.573 e. The molecule has 0 aliphatic rings. The molecule has 2 aromatic carbocycles. The molecular weight excluding hydrogens is 361 g/mol. The fourth-order valence-electron chi connectivity index (χ4n) is 2.16. The van der Waals surface area contributed by atoms with Crippen LogP contribution in [0.2, 0.25) is 0 Å². The van der Waals surface area contributed by atoms with Gasteiger partial charge >= 0.3 is 6.36 Å². The van der Waals surface area contributed by atoms with E-state index in [9.17, 15) is 18.0 Å². The van der Waals surface area contributed by atoms with E-state index in [-0.39, 0.29) is 24.1 Å². The summed E-state index contributed by atoms with van der Waals surface area (Å²) in [5, 5.41) is 5.18. The lowest BCUT2D eigenvalue weighted by molar-refractivity contribution is -0.274. The molecule has 1 amide bonds. The zero-order valence-electron chi connectivity index (χ0n) is 14.3. The quantitative estimate of drug-likeness (QED) is 0.509. The first-order valence-corrected chi connectivity index (χ1v) is 8.06. The predicted octanol–water partition coefficient (Wildman–Crippen LogP) is 2.67. The van der Waals surface area contributed by atoms with E-state index in [1.807, 2.05) is 30.3 Å². The van der Waals surface area contributed by atoms with Crippen molar-refractivity contribution in [1.29, 1.82) is 0 Å². The first-order chi connectivity index (χ1) is 12.8. The van der Waals surface area contributed by atoms with Gasteiger partial charge in [-0.3, -0.25) is 4.79 Å². The number of amides is 1. The number of aliphatic imine (C=N–C) groups is 1. The molecule has 0 saturated carbocycles. The second kappa shape index (κ2) is 9.46. The van der Waals surface area contributed by atoms with Gasteiger partial charge in [-0.2, -0.15) is 0 Å². The lowest BCUT2D eigenvalue weighted by Crippen LogP contribution is -2.30. The molecule has 0 aliphatic heterocycles. The molecule has 0 spiro atoms. The number of anilines is 1. The molecule has 0 aliphatic carbocycles. The number of hydrogen-bond acceptors (Lipinski definition) is 3. The minimum Gasteiger partial charge on any atom is -0.404 e. The van der Waals surface area contributed by atoms with Crippen LogP contribution in [-0.4, -0.2) is 31.3 Å². The minimum atomic E-state index is -4.83. The van der Waals surface area contributed by atoms with E-state index < -0.39 is 12.1 Å². The molecule has 2 aromatic rings. The fraction of sp³-hybridized carbons (Fsp3) is 0.222. The van der Waals surface area contributed by atoms with Crippen molar-refractivity contribution in [1.82, 2.24) is 5.32 Å². The average molecular weight is 380 g/mol. The minimum absolute atomic E-state index is 0.0134. The van der Waals surface area contributed by atoms with Crippen LogP contribution < -0.4 is 21.1 Å². The number of nitrogens with two attached hydrogens (primary N) is 1. The molecule has 0 fully saturated rings. The molecule has 0 bridgehead atoms. The predicted molar refractivity (Wildman–Crippen MR) is 96.4 cm³/mol. The molecule has 144 valence electrons. The number of alkyl halides is 3. The van der Waals surface area contributed by atoms with Crippen molar-refractivity contribution in [2.75, 3.05) is 18.4 Å². The van der Waals surface area contributed by atoms with Crippen LogP contribution in [0.4, 0.5) is 18.9 Å². The van der Waals surface area contributed by atoms with Crippen LogP contribution in [0.5, 0.6) is 5.75 Å². The molecular formula is C18H19F3N4O2. The molecule has 0 heterocycles. The van der Waals surface area contributed by atoms with Crippen LogP contribution in [0.15, 0.2) is 59.6 Å². The fourth-order valence-corrected chi connectivity index (χ4v) is 2.16. The number of carbonyl (C=O) groups excluding carboxylic acids is 1. The summed E-state index contributed by atoms with van der Waals surface area (Å²) < 4.78 is 41.1. The standard InChI is InChI=1S/C18H19F3N4O2/c19-18(20,21)27-15-9-5-4-8-14(15)25-17(22)24-12-16(26)23-11-10-13-6-2-1-3-7-13/h1-9H,10-12H2,(H,23,26)(H3,22,24,25). The number of halogens is 3. The maximum atomic E-state index is 12.4. The Morgan fingerprint density at radius 1 is 1.07 bits per heavy atom. The van der Waals surface area contributed by atoms with Gasteiger partial charge in [-0.05, 0) is 24.1 Å². The maximum absolute atomic E-state index is 12.4. The molecule has 0 unspecified atom stereocenters. The van der Waals surface area contributed by atoms with Gasteiger partial charge in [0, 0.05) is 6.54 Å². The Kier molecular flexibility index (Phi) is 7.04. The highest BCUT2D eigenvalue weighted by Gasteiger charge is 2.32. The number of rotatable bonds is 7. The summed E-state index contributed by atoms with van der Waals surface area (Å²) in [7, 11) is 0. The van der Waals surface area contributed by atoms with Gasteiger partial charge < -0.3 is 21.1 Å². The van der Waals surface area contributed by atoms with Crippen LogP contribution in [0, 0.1) is 0 Å². The molecule has 0 radical (unpaired) electrons. The third-order valence-corrected chi connectivity index (χ3v) is 3.35. The van der Waals surface area contributed by atoms with E-state index in [2.05, 4.69) is 20.4 Å². The maximum Gasteiger partial charge on any atom is 0.573 e. The van der Waals surface area contributed by atoms with Gasteiger partial charge in [0.25, 0.3) is 0 Å². The molecule has 6 nitrogen and oxygen atoms in total. The third kappa shape index (κ3) is 7.68. The first kappa shape index (κ1) is 20.1. The number of para-hydroxylation sites is 2. The van der Waals surface area contributed by atoms with Crippen molar-refractivity contribution in [2.24, 2.45) is 10.7 Å². The zero-order valence-corrected chi connectivity index (χ0v) is 14.3. The lowest BCUT2D eigenvalue weighted by Gasteiger charge is -2.14. The van der Waals surface area contributed by atoms with Crippen molar-refractivity contribution >= 4 is 17.6 Å². The normalized spacial score (nSPS) is 11.7. The SMILES string of the molecule is NC(=NCC(=O)NCCc1ccccc1)Nc1ccccc1OC(F)(F)F. The Bertz CT molecular complexity index is 780. The Morgan fingerprint density at radius 2 is 1.74 bits per heavy atom. The van der Waals surface area contributed by atoms with Gasteiger partial charge in [-0.25, -0.2) is 4.99 Å². The summed E-state index contributed by atoms with van der Waals surface area (Å²) >= 11 is 0. The molecule has 4 N–H and O–H groups in total. The molecule has 0 saturated heterocycles. The van der Waals surface area contributed by atoms with Gasteiger partial charge in [0.1, 0.15) is 6.54 Å². The van der Waals surface area contributed by atoms with E-state index in [0.717, 1.165) is 11.6 Å². The summed E-state index contributed by atoms with van der Waals surface area (Å²) in [5.74, 6) is -1.00. The van der Waals surface area contributed by atoms with Gasteiger partial charge in [0.05, 0.1) is 5.69 Å². The van der Waals surface area contributed by atoms with Crippen LogP contribution in [0.25, 0.3) is 0 Å². The van der Waals surface area contributed by atoms with Crippen LogP contribution in [-0.2, 0) is 11.2 Å². The Hall–Kier alpha value is -3.23. The Balaban J connectivity index is 1.82. The number of nitrogens with zero attached hydrogens (tertiary/aromatic N) is 1. The Morgan fingerprint density at radius 3 is 2.44 bits per heavy atom. The van der Waals surface area contributed by atoms with Crippen molar-refractivity contribution < 1.29 is 22.7 Å². The van der Waals surface area contributed by atoms with E-state index in [0.29, 0.717) is 13.0 Å². The molecule has 27 heavy (non-hydrogen) atoms. The van der Waals surface area contributed by atoms with E-state index in [1.165, 1.54) is 18.2 Å². The summed E-state index contributed by atoms with van der Waals surface area (Å²) in [5.41, 5.74) is 6.70. The van der Waals surface area contributed by atoms with Crippen LogP contribution >= 0.6 is 0 Å². The number of benzene rings is 2. The van der Waals surface area contributed by atoms with E-state index in [1.54, 1.807) is 0 Å². The number of ether oxygens (including phenoxy) is 1. The van der Waals surface area contributed by atoms with E-state index in [4.69, 9.17) is 5.73 Å². The summed E-state index contributed by atoms with van der Waals surface area (Å²) in [6.07, 6.45) is -4.16. The van der Waals surface area contributed by atoms with Crippen molar-refractivity contribution in [3.63, 3.8) is 0 Å². The highest BCUT2D eigenvalue weighted by Crippen LogP contribution is 2.29. The molecule has 0 aromatic heterocycles. The zero-order chi connectivity index (χ0) is 19.7. The van der Waals surface area contributed by atoms with Crippen molar-refractivity contribution in [3.8, 4) is 5.75 Å². The number of nitrogens with one attached hydrogen (secondary N) is 2. The number of carbonyl (C=O) groups is 1. The molecule has 9 heteroatoms. The van der Waals surface area contributed by atoms with Crippen molar-refractivity contribution in [3.05, 3.63) is 60.2 Å². The highest BCUT2D eigenvalue weighted by molar-refractivity contribution is 5.95. The van der Waals surface area contributed by atoms with Gasteiger partial charge in [0.15, 0.2) is 11.7 Å². The molecule has 0 atom stereocenters. The van der Waals surface area contributed by atoms with Crippen molar-refractivity contribution in [2.45, 2.75) is 12.8 Å². The lowest BCUT2D eigenvalue weighted by atomic mass is 10.1. The number of hydrogen-bond donors (Lipinski definition) is 3. The Labute approximate surface area is 154 Å². The topological polar surface area (TPSA) is 88.7 Å².